The maximum Gasteiger partial charge on any atom is 0.241 e. The minimum Gasteiger partial charge on any atom is -0.207 e. The third-order valence-electron chi connectivity index (χ3n) is 2.74. The number of aryl methyl sites for hydroxylation is 1. The van der Waals surface area contributed by atoms with Crippen molar-refractivity contribution in [3.8, 4) is 0 Å². The van der Waals surface area contributed by atoms with Gasteiger partial charge in [-0.15, -0.1) is 0 Å². The van der Waals surface area contributed by atoms with Crippen molar-refractivity contribution < 1.29 is 8.42 Å². The minimum atomic E-state index is -3.48. The van der Waals surface area contributed by atoms with Gasteiger partial charge in [-0.1, -0.05) is 57.3 Å². The van der Waals surface area contributed by atoms with Crippen molar-refractivity contribution in [1.29, 1.82) is 0 Å². The molecule has 1 aromatic rings. The molecule has 1 N–H and O–H groups in total. The molecule has 0 saturated carbocycles. The first kappa shape index (κ1) is 17.1. The zero-order valence-corrected chi connectivity index (χ0v) is 15.1. The van der Waals surface area contributed by atoms with Crippen LogP contribution >= 0.6 is 31.9 Å². The van der Waals surface area contributed by atoms with Gasteiger partial charge in [-0.2, -0.15) is 0 Å². The number of hydrogen-bond acceptors (Lipinski definition) is 2. The number of halogens is 2. The molecule has 0 aliphatic carbocycles. The average Bonchev–Trinajstić information content (AvgIpc) is 2.39. The fraction of sp³-hybridized carbons (Fsp3) is 0.538. The molecule has 0 amide bonds. The molecule has 1 rings (SSSR count). The van der Waals surface area contributed by atoms with E-state index in [9.17, 15) is 8.42 Å². The molecular weight excluding hydrogens is 394 g/mol. The van der Waals surface area contributed by atoms with Gasteiger partial charge in [0.15, 0.2) is 0 Å². The first-order chi connectivity index (χ1) is 8.87. The van der Waals surface area contributed by atoms with Crippen LogP contribution in [0.4, 0.5) is 0 Å². The van der Waals surface area contributed by atoms with Crippen molar-refractivity contribution >= 4 is 41.9 Å². The van der Waals surface area contributed by atoms with E-state index in [0.717, 1.165) is 18.4 Å². The quantitative estimate of drug-likeness (QED) is 0.697. The van der Waals surface area contributed by atoms with E-state index in [1.54, 1.807) is 12.1 Å². The smallest absolute Gasteiger partial charge is 0.207 e. The Bertz CT molecular complexity index is 496. The van der Waals surface area contributed by atoms with E-state index in [-0.39, 0.29) is 0 Å². The van der Waals surface area contributed by atoms with Crippen LogP contribution < -0.4 is 4.72 Å². The Labute approximate surface area is 132 Å². The molecule has 0 spiro atoms. The van der Waals surface area contributed by atoms with Crippen LogP contribution in [0.2, 0.25) is 0 Å². The van der Waals surface area contributed by atoms with E-state index < -0.39 is 15.6 Å². The highest BCUT2D eigenvalue weighted by atomic mass is 79.9. The monoisotopic (exact) mass is 411 g/mol. The maximum absolute atomic E-state index is 12.3. The van der Waals surface area contributed by atoms with Gasteiger partial charge < -0.3 is 0 Å². The number of alkyl halides is 2. The summed E-state index contributed by atoms with van der Waals surface area (Å²) in [6.07, 6.45) is 2.02. The van der Waals surface area contributed by atoms with Gasteiger partial charge in [-0.25, -0.2) is 13.1 Å². The van der Waals surface area contributed by atoms with E-state index in [4.69, 9.17) is 0 Å². The number of rotatable bonds is 7. The molecule has 0 atom stereocenters. The van der Waals surface area contributed by atoms with Gasteiger partial charge in [0.2, 0.25) is 10.0 Å². The summed E-state index contributed by atoms with van der Waals surface area (Å²) >= 11 is 6.67. The molecule has 0 aliphatic heterocycles. The van der Waals surface area contributed by atoms with Crippen LogP contribution in [0, 0.1) is 0 Å². The number of benzene rings is 1. The van der Waals surface area contributed by atoms with Crippen LogP contribution in [0.3, 0.4) is 0 Å². The second kappa shape index (κ2) is 7.20. The lowest BCUT2D eigenvalue weighted by molar-refractivity contribution is 0.509. The highest BCUT2D eigenvalue weighted by Crippen LogP contribution is 2.18. The first-order valence-corrected chi connectivity index (χ1v) is 9.84. The van der Waals surface area contributed by atoms with Crippen LogP contribution in [0.25, 0.3) is 0 Å². The Morgan fingerprint density at radius 2 is 1.68 bits per heavy atom. The number of nitrogens with one attached hydrogen (secondary N) is 1. The van der Waals surface area contributed by atoms with Gasteiger partial charge >= 0.3 is 0 Å². The molecule has 19 heavy (non-hydrogen) atoms. The van der Waals surface area contributed by atoms with E-state index >= 15 is 0 Å². The second-order valence-corrected chi connectivity index (χ2v) is 7.63. The summed E-state index contributed by atoms with van der Waals surface area (Å²) in [5.74, 6) is 0. The molecular formula is C13H19Br2NO2S. The fourth-order valence-electron chi connectivity index (χ4n) is 1.60. The predicted octanol–water partition coefficient (Wildman–Crippen LogP) is 3.47. The van der Waals surface area contributed by atoms with Crippen LogP contribution in [-0.4, -0.2) is 24.6 Å². The van der Waals surface area contributed by atoms with Crippen molar-refractivity contribution in [3.63, 3.8) is 0 Å². The Hall–Kier alpha value is 0.0900. The SMILES string of the molecule is CCCc1ccc(S(=O)(=O)NC(C)(CBr)CBr)cc1. The molecule has 0 heterocycles. The maximum atomic E-state index is 12.3. The molecule has 0 bridgehead atoms. The molecule has 0 saturated heterocycles. The Morgan fingerprint density at radius 3 is 2.11 bits per heavy atom. The lowest BCUT2D eigenvalue weighted by Gasteiger charge is -2.26. The summed E-state index contributed by atoms with van der Waals surface area (Å²) < 4.78 is 27.3. The third kappa shape index (κ3) is 4.85. The Kier molecular flexibility index (Phi) is 6.50. The summed E-state index contributed by atoms with van der Waals surface area (Å²) in [5, 5.41) is 1.08. The summed E-state index contributed by atoms with van der Waals surface area (Å²) in [6.45, 7) is 3.95. The molecule has 0 aliphatic rings. The van der Waals surface area contributed by atoms with Gasteiger partial charge in [-0.3, -0.25) is 0 Å². The van der Waals surface area contributed by atoms with Crippen LogP contribution in [-0.2, 0) is 16.4 Å². The van der Waals surface area contributed by atoms with Gasteiger partial charge in [0.1, 0.15) is 0 Å². The topological polar surface area (TPSA) is 46.2 Å². The van der Waals surface area contributed by atoms with Gasteiger partial charge in [0, 0.05) is 16.2 Å². The standard InChI is InChI=1S/C13H19Br2NO2S/c1-3-4-11-5-7-12(8-6-11)19(17,18)16-13(2,9-14)10-15/h5-8,16H,3-4,9-10H2,1-2H3. The van der Waals surface area contributed by atoms with Crippen LogP contribution in [0.15, 0.2) is 29.2 Å². The molecule has 3 nitrogen and oxygen atoms in total. The molecule has 6 heteroatoms. The Balaban J connectivity index is 2.94. The first-order valence-electron chi connectivity index (χ1n) is 6.12. The highest BCUT2D eigenvalue weighted by molar-refractivity contribution is 9.09. The number of sulfonamides is 1. The van der Waals surface area contributed by atoms with Crippen molar-refractivity contribution in [2.24, 2.45) is 0 Å². The average molecular weight is 413 g/mol. The molecule has 0 fully saturated rings. The third-order valence-corrected chi connectivity index (χ3v) is 6.87. The normalized spacial score (nSPS) is 12.6. The summed E-state index contributed by atoms with van der Waals surface area (Å²) in [5.41, 5.74) is 0.617. The zero-order chi connectivity index (χ0) is 14.5. The van der Waals surface area contributed by atoms with E-state index in [2.05, 4.69) is 43.5 Å². The van der Waals surface area contributed by atoms with Crippen molar-refractivity contribution in [2.75, 3.05) is 10.7 Å². The summed E-state index contributed by atoms with van der Waals surface area (Å²) in [4.78, 5) is 0.306. The van der Waals surface area contributed by atoms with Crippen molar-refractivity contribution in [1.82, 2.24) is 4.72 Å². The van der Waals surface area contributed by atoms with Crippen molar-refractivity contribution in [2.45, 2.75) is 37.1 Å². The largest absolute Gasteiger partial charge is 0.241 e. The highest BCUT2D eigenvalue weighted by Gasteiger charge is 2.28. The lowest BCUT2D eigenvalue weighted by atomic mass is 10.1. The zero-order valence-electron chi connectivity index (χ0n) is 11.1. The van der Waals surface area contributed by atoms with Gasteiger partial charge in [0.05, 0.1) is 4.90 Å². The lowest BCUT2D eigenvalue weighted by Crippen LogP contribution is -2.48. The van der Waals surface area contributed by atoms with E-state index in [0.29, 0.717) is 15.6 Å². The molecule has 0 radical (unpaired) electrons. The van der Waals surface area contributed by atoms with Crippen LogP contribution in [0.5, 0.6) is 0 Å². The number of hydrogen-bond donors (Lipinski definition) is 1. The van der Waals surface area contributed by atoms with E-state index in [1.165, 1.54) is 0 Å². The predicted molar refractivity (Wildman–Crippen MR) is 86.8 cm³/mol. The van der Waals surface area contributed by atoms with E-state index in [1.807, 2.05) is 19.1 Å². The second-order valence-electron chi connectivity index (χ2n) is 4.83. The summed E-state index contributed by atoms with van der Waals surface area (Å²) in [6, 6.07) is 7.07. The minimum absolute atomic E-state index is 0.306. The van der Waals surface area contributed by atoms with Crippen LogP contribution in [0.1, 0.15) is 25.8 Å². The molecule has 1 aromatic carbocycles. The Morgan fingerprint density at radius 1 is 1.16 bits per heavy atom. The molecule has 0 unspecified atom stereocenters. The molecule has 108 valence electrons. The molecule has 0 aromatic heterocycles. The van der Waals surface area contributed by atoms with Crippen molar-refractivity contribution in [3.05, 3.63) is 29.8 Å². The fourth-order valence-corrected chi connectivity index (χ4v) is 4.58. The summed E-state index contributed by atoms with van der Waals surface area (Å²) in [7, 11) is -3.48. The van der Waals surface area contributed by atoms with Gasteiger partial charge in [-0.05, 0) is 31.0 Å². The van der Waals surface area contributed by atoms with Gasteiger partial charge in [0.25, 0.3) is 0 Å².